The minimum atomic E-state index is 0.129. The van der Waals surface area contributed by atoms with Crippen LogP contribution in [0.1, 0.15) is 11.3 Å². The Morgan fingerprint density at radius 1 is 1.12 bits per heavy atom. The number of aromatic hydroxyl groups is 1. The van der Waals surface area contributed by atoms with Gasteiger partial charge in [-0.25, -0.2) is 9.97 Å². The van der Waals surface area contributed by atoms with Crippen LogP contribution in [0.25, 0.3) is 33.6 Å². The summed E-state index contributed by atoms with van der Waals surface area (Å²) >= 11 is 6.34. The van der Waals surface area contributed by atoms with Gasteiger partial charge in [-0.15, -0.1) is 0 Å². The van der Waals surface area contributed by atoms with Crippen LogP contribution in [0.5, 0.6) is 5.75 Å². The summed E-state index contributed by atoms with van der Waals surface area (Å²) in [6.07, 6.45) is 4.24. The first-order valence-electron chi connectivity index (χ1n) is 10.3. The molecule has 0 saturated carbocycles. The number of imidazole rings is 1. The van der Waals surface area contributed by atoms with E-state index in [1.54, 1.807) is 24.7 Å². The summed E-state index contributed by atoms with van der Waals surface area (Å²) in [5, 5.41) is 15.5. The van der Waals surface area contributed by atoms with Crippen LogP contribution in [0.2, 0.25) is 5.02 Å². The number of phenolic OH excluding ortho intramolecular Hbond substituents is 1. The Hall–Kier alpha value is -3.77. The van der Waals surface area contributed by atoms with E-state index in [0.717, 1.165) is 40.0 Å². The number of rotatable bonds is 6. The Kier molecular flexibility index (Phi) is 5.29. The van der Waals surface area contributed by atoms with Crippen molar-refractivity contribution in [2.45, 2.75) is 13.3 Å². The molecule has 0 aliphatic heterocycles. The highest BCUT2D eigenvalue weighted by atomic mass is 35.5. The molecule has 5 aromatic rings. The average molecular weight is 445 g/mol. The smallest absolute Gasteiger partial charge is 0.135 e. The van der Waals surface area contributed by atoms with Gasteiger partial charge in [-0.1, -0.05) is 29.8 Å². The van der Waals surface area contributed by atoms with Crippen molar-refractivity contribution in [2.75, 3.05) is 11.9 Å². The van der Waals surface area contributed by atoms with Crippen LogP contribution >= 0.6 is 11.6 Å². The third-order valence-electron chi connectivity index (χ3n) is 5.34. The summed E-state index contributed by atoms with van der Waals surface area (Å²) in [4.78, 5) is 11.9. The summed E-state index contributed by atoms with van der Waals surface area (Å²) < 4.78 is 6.08. The van der Waals surface area contributed by atoms with Crippen LogP contribution in [0.4, 0.5) is 5.82 Å². The number of halogens is 1. The van der Waals surface area contributed by atoms with Crippen molar-refractivity contribution in [3.8, 4) is 28.3 Å². The molecule has 0 radical (unpaired) electrons. The zero-order chi connectivity index (χ0) is 22.1. The first-order chi connectivity index (χ1) is 15.6. The Balaban J connectivity index is 1.56. The van der Waals surface area contributed by atoms with Crippen molar-refractivity contribution in [1.29, 1.82) is 0 Å². The zero-order valence-corrected chi connectivity index (χ0v) is 18.1. The van der Waals surface area contributed by atoms with Crippen LogP contribution in [0, 0.1) is 6.92 Å². The molecule has 0 spiro atoms. The second-order valence-electron chi connectivity index (χ2n) is 7.65. The lowest BCUT2D eigenvalue weighted by Crippen LogP contribution is -2.07. The summed E-state index contributed by atoms with van der Waals surface area (Å²) in [7, 11) is 0. The van der Waals surface area contributed by atoms with E-state index in [1.807, 2.05) is 49.4 Å². The number of benzene rings is 2. The van der Waals surface area contributed by atoms with Crippen LogP contribution in [-0.2, 0) is 6.42 Å². The van der Waals surface area contributed by atoms with Gasteiger partial charge in [0.05, 0.1) is 12.0 Å². The van der Waals surface area contributed by atoms with Gasteiger partial charge in [0.25, 0.3) is 0 Å². The second kappa shape index (κ2) is 8.40. The Morgan fingerprint density at radius 2 is 2.00 bits per heavy atom. The number of anilines is 1. The molecule has 32 heavy (non-hydrogen) atoms. The largest absolute Gasteiger partial charge is 0.507 e. The molecule has 3 heterocycles. The fourth-order valence-corrected chi connectivity index (χ4v) is 3.81. The Labute approximate surface area is 189 Å². The van der Waals surface area contributed by atoms with E-state index in [4.69, 9.17) is 21.0 Å². The van der Waals surface area contributed by atoms with Gasteiger partial charge < -0.3 is 19.8 Å². The third kappa shape index (κ3) is 4.05. The van der Waals surface area contributed by atoms with Crippen molar-refractivity contribution < 1.29 is 9.52 Å². The normalized spacial score (nSPS) is 11.2. The van der Waals surface area contributed by atoms with Gasteiger partial charge in [-0.3, -0.25) is 0 Å². The highest BCUT2D eigenvalue weighted by Crippen LogP contribution is 2.37. The number of H-pyrrole nitrogens is 1. The van der Waals surface area contributed by atoms with Crippen molar-refractivity contribution in [3.63, 3.8) is 0 Å². The number of aromatic amines is 1. The molecule has 0 bridgehead atoms. The molecule has 6 nitrogen and oxygen atoms in total. The molecule has 7 heteroatoms. The molecule has 0 unspecified atom stereocenters. The molecular formula is C25H21ClN4O2. The molecule has 3 N–H and O–H groups in total. The number of aromatic nitrogens is 3. The SMILES string of the molecule is Cc1cc(O)c(-c2cc(-c3cc4ccccc4o3)cc(NCCc3cnc[nH]3)n2)cc1Cl. The second-order valence-corrected chi connectivity index (χ2v) is 8.05. The predicted octanol–water partition coefficient (Wildman–Crippen LogP) is 6.21. The highest BCUT2D eigenvalue weighted by molar-refractivity contribution is 6.31. The van der Waals surface area contributed by atoms with Crippen LogP contribution in [0.3, 0.4) is 0 Å². The predicted molar refractivity (Wildman–Crippen MR) is 127 cm³/mol. The van der Waals surface area contributed by atoms with E-state index in [-0.39, 0.29) is 5.75 Å². The molecule has 0 saturated heterocycles. The Morgan fingerprint density at radius 3 is 2.81 bits per heavy atom. The van der Waals surface area contributed by atoms with Crippen LogP contribution < -0.4 is 5.32 Å². The molecule has 160 valence electrons. The summed E-state index contributed by atoms with van der Waals surface area (Å²) in [6, 6.07) is 17.1. The molecule has 3 aromatic heterocycles. The first kappa shape index (κ1) is 20.2. The van der Waals surface area contributed by atoms with Crippen molar-refractivity contribution in [1.82, 2.24) is 15.0 Å². The van der Waals surface area contributed by atoms with E-state index >= 15 is 0 Å². The number of phenols is 1. The van der Waals surface area contributed by atoms with Gasteiger partial charge in [0.1, 0.15) is 22.9 Å². The summed E-state index contributed by atoms with van der Waals surface area (Å²) in [5.41, 5.74) is 4.68. The van der Waals surface area contributed by atoms with Gasteiger partial charge in [0.2, 0.25) is 0 Å². The van der Waals surface area contributed by atoms with Gasteiger partial charge in [-0.05, 0) is 48.9 Å². The maximum Gasteiger partial charge on any atom is 0.135 e. The average Bonchev–Trinajstić information content (AvgIpc) is 3.46. The number of fused-ring (bicyclic) bond motifs is 1. The van der Waals surface area contributed by atoms with E-state index in [9.17, 15) is 5.11 Å². The monoisotopic (exact) mass is 444 g/mol. The van der Waals surface area contributed by atoms with Crippen LogP contribution in [-0.4, -0.2) is 26.6 Å². The number of hydrogen-bond donors (Lipinski definition) is 3. The van der Waals surface area contributed by atoms with Gasteiger partial charge >= 0.3 is 0 Å². The lowest BCUT2D eigenvalue weighted by molar-refractivity contribution is 0.476. The minimum Gasteiger partial charge on any atom is -0.507 e. The maximum absolute atomic E-state index is 10.6. The van der Waals surface area contributed by atoms with Gasteiger partial charge in [0.15, 0.2) is 0 Å². The fraction of sp³-hybridized carbons (Fsp3) is 0.120. The molecule has 5 rings (SSSR count). The first-order valence-corrected chi connectivity index (χ1v) is 10.7. The summed E-state index contributed by atoms with van der Waals surface area (Å²) in [5.74, 6) is 1.53. The van der Waals surface area contributed by atoms with Crippen LogP contribution in [0.15, 0.2) is 71.5 Å². The topological polar surface area (TPSA) is 87.0 Å². The van der Waals surface area contributed by atoms with Gasteiger partial charge in [-0.2, -0.15) is 0 Å². The number of furan rings is 1. The molecule has 0 atom stereocenters. The van der Waals surface area contributed by atoms with E-state index in [2.05, 4.69) is 15.3 Å². The van der Waals surface area contributed by atoms with E-state index in [1.165, 1.54) is 0 Å². The zero-order valence-electron chi connectivity index (χ0n) is 17.4. The standard InChI is InChI=1S/C25H21ClN4O2/c1-15-8-22(31)19(12-20(15)26)21-9-17(24-10-16-4-2-3-5-23(16)32-24)11-25(30-21)28-7-6-18-13-27-14-29-18/h2-5,8-14,31H,6-7H2,1H3,(H,27,29)(H,28,30). The lowest BCUT2D eigenvalue weighted by Gasteiger charge is -2.12. The van der Waals surface area contributed by atoms with Crippen molar-refractivity contribution >= 4 is 28.4 Å². The molecule has 0 amide bonds. The number of hydrogen-bond acceptors (Lipinski definition) is 5. The number of aryl methyl sites for hydroxylation is 1. The van der Waals surface area contributed by atoms with E-state index < -0.39 is 0 Å². The number of pyridine rings is 1. The molecule has 2 aromatic carbocycles. The maximum atomic E-state index is 10.6. The molecule has 0 aliphatic rings. The number of para-hydroxylation sites is 1. The lowest BCUT2D eigenvalue weighted by atomic mass is 10.0. The molecular weight excluding hydrogens is 424 g/mol. The fourth-order valence-electron chi connectivity index (χ4n) is 3.64. The van der Waals surface area contributed by atoms with Gasteiger partial charge in [0, 0.05) is 46.4 Å². The van der Waals surface area contributed by atoms with Crippen molar-refractivity contribution in [3.05, 3.63) is 83.4 Å². The molecule has 0 fully saturated rings. The number of nitrogens with zero attached hydrogens (tertiary/aromatic N) is 2. The Bertz CT molecular complexity index is 1360. The third-order valence-corrected chi connectivity index (χ3v) is 5.75. The molecule has 0 aliphatic carbocycles. The van der Waals surface area contributed by atoms with Crippen molar-refractivity contribution in [2.24, 2.45) is 0 Å². The number of nitrogens with one attached hydrogen (secondary N) is 2. The van der Waals surface area contributed by atoms with E-state index in [0.29, 0.717) is 28.6 Å². The highest BCUT2D eigenvalue weighted by Gasteiger charge is 2.14. The minimum absolute atomic E-state index is 0.129. The summed E-state index contributed by atoms with van der Waals surface area (Å²) in [6.45, 7) is 2.52. The quantitative estimate of drug-likeness (QED) is 0.290.